The lowest BCUT2D eigenvalue weighted by atomic mass is 10.2. The van der Waals surface area contributed by atoms with Crippen LogP contribution in [0.5, 0.6) is 17.2 Å². The van der Waals surface area contributed by atoms with Crippen LogP contribution >= 0.6 is 34.9 Å². The summed E-state index contributed by atoms with van der Waals surface area (Å²) in [6, 6.07) is 3.36. The third-order valence-corrected chi connectivity index (χ3v) is 9.28. The Bertz CT molecular complexity index is 2140. The molecule has 0 saturated carbocycles. The number of ether oxygens (including phenoxy) is 4. The Morgan fingerprint density at radius 3 is 2.07 bits per heavy atom. The van der Waals surface area contributed by atoms with Crippen LogP contribution in [-0.2, 0) is 32.2 Å². The molecule has 0 spiro atoms. The Morgan fingerprint density at radius 1 is 0.886 bits per heavy atom. The van der Waals surface area contributed by atoms with Crippen molar-refractivity contribution < 1.29 is 43.5 Å². The van der Waals surface area contributed by atoms with Gasteiger partial charge in [0, 0.05) is 32.3 Å². The first kappa shape index (κ1) is 30.5. The second-order valence-electron chi connectivity index (χ2n) is 9.15. The minimum Gasteiger partial charge on any atom is -0.493 e. The molecular weight excluding hydrogens is 641 g/mol. The largest absolute Gasteiger partial charge is 0.493 e. The highest BCUT2D eigenvalue weighted by molar-refractivity contribution is 7.80. The molecule has 44 heavy (non-hydrogen) atoms. The van der Waals surface area contributed by atoms with Crippen molar-refractivity contribution in [1.29, 1.82) is 0 Å². The van der Waals surface area contributed by atoms with E-state index >= 15 is 0 Å². The standard InChI is InChI=1S/C26H22N4O11S3/c1-27-11-7-13(38-3)14(39-4)8-12(11)40-16(27)6-5-15-21(35)29(9-17(31)32)25(43-15)20-23(37)30(10-18(33)34)24(44-20)19-22(36)28(2)26(42)41-19/h5-8H,9-10H2,1-4H3,(H,31,32)(H,33,34)/b15-5?,16-6?,24-19+,25-20+. The molecule has 4 heterocycles. The van der Waals surface area contributed by atoms with Gasteiger partial charge in [0.25, 0.3) is 22.2 Å². The molecule has 18 heteroatoms. The molecule has 2 N–H and O–H groups in total. The Labute approximate surface area is 259 Å². The lowest BCUT2D eigenvalue weighted by Gasteiger charge is -2.12. The van der Waals surface area contributed by atoms with E-state index in [0.29, 0.717) is 40.2 Å². The Balaban J connectivity index is 1.75. The average Bonchev–Trinajstić information content (AvgIpc) is 3.65. The second kappa shape index (κ2) is 11.6. The van der Waals surface area contributed by atoms with Crippen molar-refractivity contribution in [2.24, 2.45) is 0 Å². The van der Waals surface area contributed by atoms with Crippen molar-refractivity contribution in [3.63, 3.8) is 0 Å². The highest BCUT2D eigenvalue weighted by Crippen LogP contribution is 2.45. The van der Waals surface area contributed by atoms with Crippen molar-refractivity contribution in [3.05, 3.63) is 63.2 Å². The number of thiazole rings is 2. The first-order valence-electron chi connectivity index (χ1n) is 12.4. The summed E-state index contributed by atoms with van der Waals surface area (Å²) in [5, 5.41) is 18.8. The van der Waals surface area contributed by atoms with E-state index in [9.17, 15) is 34.2 Å². The number of methoxy groups -OCH3 is 2. The number of hydrogen-bond acceptors (Lipinski definition) is 13. The Morgan fingerprint density at radius 2 is 1.50 bits per heavy atom. The van der Waals surface area contributed by atoms with Crippen LogP contribution in [0.2, 0.25) is 0 Å². The lowest BCUT2D eigenvalue weighted by molar-refractivity contribution is -0.138. The molecule has 1 saturated heterocycles. The van der Waals surface area contributed by atoms with Crippen LogP contribution in [0.1, 0.15) is 0 Å². The molecule has 0 unspecified atom stereocenters. The van der Waals surface area contributed by atoms with Crippen LogP contribution in [0, 0.1) is 9.20 Å². The summed E-state index contributed by atoms with van der Waals surface area (Å²) in [5.74, 6) is -2.08. The van der Waals surface area contributed by atoms with Crippen molar-refractivity contribution in [3.8, 4) is 17.2 Å². The van der Waals surface area contributed by atoms with Gasteiger partial charge in [0.05, 0.1) is 24.4 Å². The minimum atomic E-state index is -1.38. The number of carbonyl (C=O) groups excluding carboxylic acids is 1. The molecule has 2 aliphatic heterocycles. The molecule has 0 radical (unpaired) electrons. The van der Waals surface area contributed by atoms with Gasteiger partial charge in [0.15, 0.2) is 23.1 Å². The number of carbonyl (C=O) groups is 3. The first-order valence-corrected chi connectivity index (χ1v) is 14.4. The summed E-state index contributed by atoms with van der Waals surface area (Å²) >= 11 is 6.49. The van der Waals surface area contributed by atoms with Gasteiger partial charge in [-0.1, -0.05) is 0 Å². The number of aromatic nitrogens is 2. The highest BCUT2D eigenvalue weighted by atomic mass is 32.1. The third kappa shape index (κ3) is 5.22. The summed E-state index contributed by atoms with van der Waals surface area (Å²) in [6.07, 6.45) is 2.92. The molecule has 3 aromatic rings. The number of aliphatic carboxylic acids is 2. The fourth-order valence-electron chi connectivity index (χ4n) is 4.33. The van der Waals surface area contributed by atoms with Crippen LogP contribution in [-0.4, -0.2) is 75.6 Å². The normalized spacial score (nSPS) is 17.6. The number of hydrogen-bond donors (Lipinski definition) is 2. The fourth-order valence-corrected chi connectivity index (χ4v) is 6.79. The third-order valence-electron chi connectivity index (χ3n) is 6.48. The molecule has 2 aromatic heterocycles. The zero-order valence-electron chi connectivity index (χ0n) is 23.3. The SMILES string of the molecule is COc1cc2c(cc1OC)N(C)C(=CC=c1s/c(=c3/s/c(=C4/OC(=S)N(C)C4=O)n(CC(=O)O)c3=O)n(CC(=O)O)c1=O)O2. The number of rotatable bonds is 7. The lowest BCUT2D eigenvalue weighted by Crippen LogP contribution is -2.32. The predicted molar refractivity (Wildman–Crippen MR) is 160 cm³/mol. The van der Waals surface area contributed by atoms with Crippen molar-refractivity contribution in [2.75, 3.05) is 33.2 Å². The molecule has 0 bridgehead atoms. The van der Waals surface area contributed by atoms with Gasteiger partial charge < -0.3 is 34.1 Å². The monoisotopic (exact) mass is 662 g/mol. The number of anilines is 1. The van der Waals surface area contributed by atoms with E-state index < -0.39 is 42.1 Å². The van der Waals surface area contributed by atoms with Gasteiger partial charge in [-0.15, -0.1) is 22.7 Å². The molecule has 5 rings (SSSR count). The van der Waals surface area contributed by atoms with Gasteiger partial charge in [-0.2, -0.15) is 0 Å². The summed E-state index contributed by atoms with van der Waals surface area (Å²) in [5.41, 5.74) is -0.917. The number of carboxylic acids is 2. The molecule has 0 atom stereocenters. The fraction of sp³-hybridized carbons (Fsp3) is 0.231. The van der Waals surface area contributed by atoms with Crippen molar-refractivity contribution in [2.45, 2.75) is 13.1 Å². The number of nitrogens with zero attached hydrogens (tertiary/aromatic N) is 4. The quantitative estimate of drug-likeness (QED) is 0.314. The predicted octanol–water partition coefficient (Wildman–Crippen LogP) is -0.361. The first-order chi connectivity index (χ1) is 20.9. The van der Waals surface area contributed by atoms with Gasteiger partial charge in [-0.05, 0) is 18.3 Å². The topological polar surface area (TPSA) is 179 Å². The van der Waals surface area contributed by atoms with Crippen LogP contribution in [0.15, 0.2) is 33.7 Å². The number of allylic oxidation sites excluding steroid dienone is 1. The van der Waals surface area contributed by atoms with E-state index in [1.807, 2.05) is 0 Å². The van der Waals surface area contributed by atoms with Gasteiger partial charge in [0.1, 0.15) is 26.9 Å². The maximum absolute atomic E-state index is 13.5. The number of likely N-dealkylation sites (N-methyl/N-ethyl adjacent to an activating group) is 1. The maximum atomic E-state index is 13.5. The average molecular weight is 663 g/mol. The zero-order valence-corrected chi connectivity index (χ0v) is 25.8. The van der Waals surface area contributed by atoms with Crippen LogP contribution < -0.4 is 39.4 Å². The number of thiocarbonyl (C=S) groups is 1. The molecule has 230 valence electrons. The molecule has 1 aromatic carbocycles. The Kier molecular flexibility index (Phi) is 8.06. The summed E-state index contributed by atoms with van der Waals surface area (Å²) in [7, 11) is 6.06. The zero-order chi connectivity index (χ0) is 32.0. The maximum Gasteiger partial charge on any atom is 0.323 e. The molecule has 2 aliphatic rings. The molecule has 0 aliphatic carbocycles. The van der Waals surface area contributed by atoms with E-state index in [0.717, 1.165) is 25.4 Å². The smallest absolute Gasteiger partial charge is 0.323 e. The van der Waals surface area contributed by atoms with Gasteiger partial charge in [-0.3, -0.25) is 38.0 Å². The van der Waals surface area contributed by atoms with E-state index in [2.05, 4.69) is 0 Å². The van der Waals surface area contributed by atoms with E-state index in [4.69, 9.17) is 31.2 Å². The molecule has 15 nitrogen and oxygen atoms in total. The molecular formula is C26H22N4O11S3. The van der Waals surface area contributed by atoms with Gasteiger partial charge in [0.2, 0.25) is 5.76 Å². The van der Waals surface area contributed by atoms with Crippen molar-refractivity contribution in [1.82, 2.24) is 14.0 Å². The van der Waals surface area contributed by atoms with Gasteiger partial charge >= 0.3 is 11.9 Å². The number of carboxylic acid groups (broad SMARTS) is 2. The van der Waals surface area contributed by atoms with E-state index in [-0.39, 0.29) is 29.3 Å². The summed E-state index contributed by atoms with van der Waals surface area (Å²) in [4.78, 5) is 65.7. The van der Waals surface area contributed by atoms with Gasteiger partial charge in [-0.25, -0.2) is 0 Å². The second-order valence-corrected chi connectivity index (χ2v) is 11.5. The summed E-state index contributed by atoms with van der Waals surface area (Å²) < 4.78 is 23.3. The summed E-state index contributed by atoms with van der Waals surface area (Å²) in [6.45, 7) is -1.62. The minimum absolute atomic E-state index is 0.0529. The molecule has 1 amide bonds. The van der Waals surface area contributed by atoms with Crippen LogP contribution in [0.4, 0.5) is 5.69 Å². The highest BCUT2D eigenvalue weighted by Gasteiger charge is 2.33. The number of amides is 1. The molecule has 1 fully saturated rings. The van der Waals surface area contributed by atoms with E-state index in [1.165, 1.54) is 33.4 Å². The van der Waals surface area contributed by atoms with Crippen LogP contribution in [0.25, 0.3) is 11.8 Å². The number of benzene rings is 1. The number of fused-ring (bicyclic) bond motifs is 1. The van der Waals surface area contributed by atoms with Crippen molar-refractivity contribution >= 4 is 75.4 Å². The van der Waals surface area contributed by atoms with Crippen LogP contribution in [0.3, 0.4) is 0 Å². The van der Waals surface area contributed by atoms with E-state index in [1.54, 1.807) is 24.1 Å². The Hall–Kier alpha value is -4.94.